The fourth-order valence-electron chi connectivity index (χ4n) is 6.82. The Morgan fingerprint density at radius 1 is 0.843 bits per heavy atom. The minimum atomic E-state index is -1.01. The van der Waals surface area contributed by atoms with Crippen LogP contribution in [0.5, 0.6) is 0 Å². The van der Waals surface area contributed by atoms with Crippen molar-refractivity contribution in [3.63, 3.8) is 0 Å². The number of amides is 4. The average Bonchev–Trinajstić information content (AvgIpc) is 3.47. The number of ether oxygens (including phenoxy) is 1. The molecular formula is C39H39N5O7. The van der Waals surface area contributed by atoms with E-state index in [0.717, 1.165) is 27.8 Å². The first kappa shape index (κ1) is 34.8. The molecule has 0 aromatic heterocycles. The maximum atomic E-state index is 13.8. The molecule has 0 radical (unpaired) electrons. The number of fused-ring (bicyclic) bond motifs is 3. The van der Waals surface area contributed by atoms with Crippen LogP contribution in [0.4, 0.5) is 16.2 Å². The second-order valence-corrected chi connectivity index (χ2v) is 12.8. The van der Waals surface area contributed by atoms with Crippen LogP contribution in [-0.2, 0) is 25.5 Å². The summed E-state index contributed by atoms with van der Waals surface area (Å²) in [6.45, 7) is 1.97. The minimum absolute atomic E-state index is 0.0975. The number of nitrogens with one attached hydrogen (secondary N) is 3. The summed E-state index contributed by atoms with van der Waals surface area (Å²) < 4.78 is 5.65. The van der Waals surface area contributed by atoms with E-state index in [4.69, 9.17) is 4.74 Å². The van der Waals surface area contributed by atoms with Gasteiger partial charge in [0.1, 0.15) is 24.7 Å². The van der Waals surface area contributed by atoms with Gasteiger partial charge in [0.05, 0.1) is 4.92 Å². The van der Waals surface area contributed by atoms with Gasteiger partial charge < -0.3 is 25.6 Å². The summed E-state index contributed by atoms with van der Waals surface area (Å²) >= 11 is 0. The number of nitrogens with zero attached hydrogens (tertiary/aromatic N) is 2. The number of alkyl carbamates (subject to hydrolysis) is 1. The number of likely N-dealkylation sites (tertiary alicyclic amines) is 1. The van der Waals surface area contributed by atoms with E-state index in [1.807, 2.05) is 66.7 Å². The first-order chi connectivity index (χ1) is 24.7. The maximum absolute atomic E-state index is 13.8. The molecule has 4 aromatic rings. The Balaban J connectivity index is 1.09. The average molecular weight is 690 g/mol. The van der Waals surface area contributed by atoms with E-state index in [1.165, 1.54) is 29.2 Å². The van der Waals surface area contributed by atoms with E-state index < -0.39 is 46.9 Å². The molecule has 1 aliphatic heterocycles. The van der Waals surface area contributed by atoms with Crippen molar-refractivity contribution in [2.45, 2.75) is 56.7 Å². The molecule has 3 N–H and O–H groups in total. The SMILES string of the molecule is C[C@H](NC(=O)OCC1c2ccccc2-c2ccccc21)C(=O)N1CCCCC1C(=O)N[C@@H](Cc1ccccc1)C(=O)Nc1ccc([N+](=O)[O-])cc1. The number of anilines is 1. The van der Waals surface area contributed by atoms with E-state index in [9.17, 15) is 29.3 Å². The smallest absolute Gasteiger partial charge is 0.407 e. The normalized spacial score (nSPS) is 16.2. The Kier molecular flexibility index (Phi) is 10.7. The van der Waals surface area contributed by atoms with Gasteiger partial charge in [0.2, 0.25) is 17.7 Å². The highest BCUT2D eigenvalue weighted by molar-refractivity contribution is 5.99. The number of carbonyl (C=O) groups excluding carboxylic acids is 4. The fraction of sp³-hybridized carbons (Fsp3) is 0.282. The van der Waals surface area contributed by atoms with Crippen LogP contribution in [0, 0.1) is 10.1 Å². The number of nitro groups is 1. The molecule has 1 fully saturated rings. The Morgan fingerprint density at radius 2 is 1.47 bits per heavy atom. The molecule has 3 atom stereocenters. The highest BCUT2D eigenvalue weighted by Gasteiger charge is 2.37. The number of piperidine rings is 1. The Hall–Kier alpha value is -6.04. The zero-order valence-electron chi connectivity index (χ0n) is 28.1. The monoisotopic (exact) mass is 689 g/mol. The highest BCUT2D eigenvalue weighted by Crippen LogP contribution is 2.44. The molecule has 4 aromatic carbocycles. The third kappa shape index (κ3) is 8.07. The third-order valence-electron chi connectivity index (χ3n) is 9.40. The molecule has 1 unspecified atom stereocenters. The summed E-state index contributed by atoms with van der Waals surface area (Å²) in [6, 6.07) is 27.8. The lowest BCUT2D eigenvalue weighted by atomic mass is 9.98. The lowest BCUT2D eigenvalue weighted by Crippen LogP contribution is -2.59. The topological polar surface area (TPSA) is 160 Å². The van der Waals surface area contributed by atoms with Gasteiger partial charge in [0.25, 0.3) is 5.69 Å². The highest BCUT2D eigenvalue weighted by atomic mass is 16.6. The van der Waals surface area contributed by atoms with Crippen molar-refractivity contribution < 1.29 is 28.8 Å². The van der Waals surface area contributed by atoms with Crippen LogP contribution in [0.3, 0.4) is 0 Å². The predicted octanol–water partition coefficient (Wildman–Crippen LogP) is 5.57. The van der Waals surface area contributed by atoms with Crippen LogP contribution in [-0.4, -0.2) is 64.9 Å². The largest absolute Gasteiger partial charge is 0.449 e. The lowest BCUT2D eigenvalue weighted by molar-refractivity contribution is -0.384. The standard InChI is InChI=1S/C39H39N5O7/c1-25(40-39(48)51-24-33-31-15-7-5-13-29(31)30-14-6-8-16-32(30)33)38(47)43-22-10-9-17-35(43)37(46)42-34(23-26-11-3-2-4-12-26)36(45)41-27-18-20-28(21-19-27)44(49)50/h2-8,11-16,18-21,25,33-35H,9-10,17,22-24H2,1H3,(H,40,48)(H,41,45)(H,42,46)/t25-,34-,35?/m0/s1. The first-order valence-corrected chi connectivity index (χ1v) is 17.0. The summed E-state index contributed by atoms with van der Waals surface area (Å²) in [7, 11) is 0. The van der Waals surface area contributed by atoms with Gasteiger partial charge in [0.15, 0.2) is 0 Å². The van der Waals surface area contributed by atoms with Crippen LogP contribution < -0.4 is 16.0 Å². The molecule has 2 aliphatic rings. The number of hydrogen-bond acceptors (Lipinski definition) is 7. The van der Waals surface area contributed by atoms with Crippen molar-refractivity contribution in [1.82, 2.24) is 15.5 Å². The van der Waals surface area contributed by atoms with Crippen molar-refractivity contribution in [3.8, 4) is 11.1 Å². The van der Waals surface area contributed by atoms with Gasteiger partial charge in [0, 0.05) is 36.7 Å². The second kappa shape index (κ2) is 15.7. The summed E-state index contributed by atoms with van der Waals surface area (Å²) in [5.74, 6) is -1.57. The van der Waals surface area contributed by atoms with E-state index in [-0.39, 0.29) is 24.6 Å². The van der Waals surface area contributed by atoms with Gasteiger partial charge in [-0.2, -0.15) is 0 Å². The van der Waals surface area contributed by atoms with Gasteiger partial charge in [-0.05, 0) is 66.1 Å². The number of rotatable bonds is 11. The van der Waals surface area contributed by atoms with Gasteiger partial charge in [-0.3, -0.25) is 24.5 Å². The Morgan fingerprint density at radius 3 is 2.12 bits per heavy atom. The van der Waals surface area contributed by atoms with Crippen molar-refractivity contribution in [3.05, 3.63) is 130 Å². The molecule has 6 rings (SSSR count). The zero-order chi connectivity index (χ0) is 35.9. The van der Waals surface area contributed by atoms with Gasteiger partial charge in [-0.25, -0.2) is 4.79 Å². The van der Waals surface area contributed by atoms with Crippen molar-refractivity contribution in [1.29, 1.82) is 0 Å². The zero-order valence-corrected chi connectivity index (χ0v) is 28.1. The molecule has 1 saturated heterocycles. The van der Waals surface area contributed by atoms with Crippen LogP contribution in [0.15, 0.2) is 103 Å². The van der Waals surface area contributed by atoms with Crippen molar-refractivity contribution >= 4 is 35.2 Å². The molecule has 1 heterocycles. The third-order valence-corrected chi connectivity index (χ3v) is 9.40. The van der Waals surface area contributed by atoms with Crippen molar-refractivity contribution in [2.75, 3.05) is 18.5 Å². The number of nitro benzene ring substituents is 1. The quantitative estimate of drug-likeness (QED) is 0.137. The van der Waals surface area contributed by atoms with Crippen LogP contribution in [0.25, 0.3) is 11.1 Å². The predicted molar refractivity (Wildman–Crippen MR) is 191 cm³/mol. The van der Waals surface area contributed by atoms with E-state index >= 15 is 0 Å². The molecule has 12 nitrogen and oxygen atoms in total. The summed E-state index contributed by atoms with van der Waals surface area (Å²) in [5, 5.41) is 19.3. The molecule has 1 aliphatic carbocycles. The van der Waals surface area contributed by atoms with Gasteiger partial charge in [-0.1, -0.05) is 78.9 Å². The molecule has 0 saturated carbocycles. The van der Waals surface area contributed by atoms with E-state index in [0.29, 0.717) is 31.5 Å². The van der Waals surface area contributed by atoms with Gasteiger partial charge >= 0.3 is 6.09 Å². The molecule has 51 heavy (non-hydrogen) atoms. The minimum Gasteiger partial charge on any atom is -0.449 e. The summed E-state index contributed by atoms with van der Waals surface area (Å²) in [6.07, 6.45) is 1.21. The maximum Gasteiger partial charge on any atom is 0.407 e. The second-order valence-electron chi connectivity index (χ2n) is 12.8. The lowest BCUT2D eigenvalue weighted by Gasteiger charge is -2.37. The van der Waals surface area contributed by atoms with Crippen LogP contribution in [0.1, 0.15) is 48.8 Å². The number of benzene rings is 4. The fourth-order valence-corrected chi connectivity index (χ4v) is 6.82. The molecule has 262 valence electrons. The Bertz CT molecular complexity index is 1870. The van der Waals surface area contributed by atoms with Crippen LogP contribution >= 0.6 is 0 Å². The van der Waals surface area contributed by atoms with Crippen molar-refractivity contribution in [2.24, 2.45) is 0 Å². The molecule has 0 spiro atoms. The molecule has 4 amide bonds. The molecular weight excluding hydrogens is 650 g/mol. The molecule has 0 bridgehead atoms. The summed E-state index contributed by atoms with van der Waals surface area (Å²) in [5.41, 5.74) is 5.38. The number of carbonyl (C=O) groups is 4. The van der Waals surface area contributed by atoms with Gasteiger partial charge in [-0.15, -0.1) is 0 Å². The summed E-state index contributed by atoms with van der Waals surface area (Å²) in [4.78, 5) is 66.0. The van der Waals surface area contributed by atoms with E-state index in [1.54, 1.807) is 6.92 Å². The molecule has 12 heteroatoms. The first-order valence-electron chi connectivity index (χ1n) is 17.0. The number of non-ortho nitro benzene ring substituents is 1. The number of hydrogen-bond donors (Lipinski definition) is 3. The van der Waals surface area contributed by atoms with E-state index in [2.05, 4.69) is 28.1 Å². The Labute approximate surface area is 295 Å². The van der Waals surface area contributed by atoms with Crippen LogP contribution in [0.2, 0.25) is 0 Å².